The standard InChI is InChI=1S/C20H25N3O5/c1-3-23(4-2)16-9-7-15(8-10-16)20(26)22-21-18(24)14-28-19(25)12-11-17-6-5-13-27-17/h5-10,13H,3-4,11-12,14H2,1-2H3,(H,21,24)(H,22,26). The number of amides is 2. The van der Waals surface area contributed by atoms with Crippen molar-refractivity contribution in [1.82, 2.24) is 10.9 Å². The normalized spacial score (nSPS) is 10.2. The van der Waals surface area contributed by atoms with E-state index in [4.69, 9.17) is 9.15 Å². The predicted octanol–water partition coefficient (Wildman–Crippen LogP) is 2.06. The van der Waals surface area contributed by atoms with Crippen LogP contribution in [0.1, 0.15) is 36.4 Å². The summed E-state index contributed by atoms with van der Waals surface area (Å²) in [6.45, 7) is 5.39. The Kier molecular flexibility index (Phi) is 8.08. The van der Waals surface area contributed by atoms with Crippen LogP contribution in [0.15, 0.2) is 47.1 Å². The first-order chi connectivity index (χ1) is 13.5. The van der Waals surface area contributed by atoms with Crippen molar-refractivity contribution in [3.8, 4) is 0 Å². The number of hydrogen-bond donors (Lipinski definition) is 2. The van der Waals surface area contributed by atoms with Gasteiger partial charge in [0.15, 0.2) is 6.61 Å². The maximum Gasteiger partial charge on any atom is 0.306 e. The van der Waals surface area contributed by atoms with Gasteiger partial charge in [0, 0.05) is 30.8 Å². The molecule has 2 amide bonds. The molecule has 0 saturated carbocycles. The zero-order chi connectivity index (χ0) is 20.4. The van der Waals surface area contributed by atoms with Gasteiger partial charge in [-0.15, -0.1) is 0 Å². The number of carbonyl (C=O) groups is 3. The number of anilines is 1. The topological polar surface area (TPSA) is 101 Å². The molecule has 0 radical (unpaired) electrons. The molecule has 0 saturated heterocycles. The Balaban J connectivity index is 1.70. The molecule has 0 atom stereocenters. The number of nitrogens with one attached hydrogen (secondary N) is 2. The van der Waals surface area contributed by atoms with E-state index in [1.807, 2.05) is 12.1 Å². The molecule has 28 heavy (non-hydrogen) atoms. The lowest BCUT2D eigenvalue weighted by atomic mass is 10.2. The van der Waals surface area contributed by atoms with Crippen LogP contribution in [-0.4, -0.2) is 37.5 Å². The predicted molar refractivity (Wildman–Crippen MR) is 104 cm³/mol. The molecule has 8 nitrogen and oxygen atoms in total. The second-order valence-electron chi connectivity index (χ2n) is 5.96. The van der Waals surface area contributed by atoms with Crippen LogP contribution in [0, 0.1) is 0 Å². The molecule has 1 aromatic heterocycles. The fourth-order valence-electron chi connectivity index (χ4n) is 2.55. The number of hydrazine groups is 1. The van der Waals surface area contributed by atoms with Crippen molar-refractivity contribution < 1.29 is 23.5 Å². The van der Waals surface area contributed by atoms with Crippen molar-refractivity contribution in [1.29, 1.82) is 0 Å². The van der Waals surface area contributed by atoms with Crippen molar-refractivity contribution in [2.75, 3.05) is 24.6 Å². The molecule has 2 aromatic rings. The zero-order valence-electron chi connectivity index (χ0n) is 16.1. The Bertz CT molecular complexity index is 768. The number of esters is 1. The average molecular weight is 387 g/mol. The Hall–Kier alpha value is -3.29. The van der Waals surface area contributed by atoms with Gasteiger partial charge in [0.2, 0.25) is 0 Å². The number of hydrogen-bond acceptors (Lipinski definition) is 6. The summed E-state index contributed by atoms with van der Waals surface area (Å²) in [6, 6.07) is 10.6. The van der Waals surface area contributed by atoms with E-state index >= 15 is 0 Å². The van der Waals surface area contributed by atoms with E-state index in [1.165, 1.54) is 6.26 Å². The molecule has 0 unspecified atom stereocenters. The van der Waals surface area contributed by atoms with E-state index in [0.29, 0.717) is 17.7 Å². The average Bonchev–Trinajstić information content (AvgIpc) is 3.24. The summed E-state index contributed by atoms with van der Waals surface area (Å²) < 4.78 is 9.97. The quantitative estimate of drug-likeness (QED) is 0.505. The molecule has 2 N–H and O–H groups in total. The Labute approximate surface area is 163 Å². The molecule has 0 fully saturated rings. The fourth-order valence-corrected chi connectivity index (χ4v) is 2.55. The minimum atomic E-state index is -0.626. The summed E-state index contributed by atoms with van der Waals surface area (Å²) in [5.74, 6) is -0.936. The van der Waals surface area contributed by atoms with Crippen LogP contribution in [0.25, 0.3) is 0 Å². The summed E-state index contributed by atoms with van der Waals surface area (Å²) in [5.41, 5.74) is 5.95. The highest BCUT2D eigenvalue weighted by Crippen LogP contribution is 2.14. The number of aryl methyl sites for hydroxylation is 1. The number of rotatable bonds is 9. The minimum absolute atomic E-state index is 0.103. The largest absolute Gasteiger partial charge is 0.469 e. The molecule has 0 bridgehead atoms. The van der Waals surface area contributed by atoms with Gasteiger partial charge in [-0.25, -0.2) is 0 Å². The van der Waals surface area contributed by atoms with Gasteiger partial charge in [-0.3, -0.25) is 25.2 Å². The molecule has 0 aliphatic carbocycles. The molecule has 2 rings (SSSR count). The maximum absolute atomic E-state index is 12.1. The highest BCUT2D eigenvalue weighted by atomic mass is 16.5. The van der Waals surface area contributed by atoms with Crippen LogP contribution in [0.5, 0.6) is 0 Å². The molecule has 8 heteroatoms. The number of nitrogens with zero attached hydrogens (tertiary/aromatic N) is 1. The van der Waals surface area contributed by atoms with Crippen molar-refractivity contribution >= 4 is 23.5 Å². The summed E-state index contributed by atoms with van der Waals surface area (Å²) in [5, 5.41) is 0. The van der Waals surface area contributed by atoms with E-state index in [0.717, 1.165) is 18.8 Å². The van der Waals surface area contributed by atoms with Gasteiger partial charge in [0.1, 0.15) is 5.76 Å². The molecule has 0 aliphatic rings. The van der Waals surface area contributed by atoms with Crippen LogP contribution < -0.4 is 15.8 Å². The van der Waals surface area contributed by atoms with Crippen LogP contribution in [0.3, 0.4) is 0 Å². The Morgan fingerprint density at radius 1 is 1.04 bits per heavy atom. The van der Waals surface area contributed by atoms with Crippen molar-refractivity contribution in [3.05, 3.63) is 54.0 Å². The lowest BCUT2D eigenvalue weighted by molar-refractivity contribution is -0.148. The van der Waals surface area contributed by atoms with Gasteiger partial charge >= 0.3 is 5.97 Å². The summed E-state index contributed by atoms with van der Waals surface area (Å²) >= 11 is 0. The Morgan fingerprint density at radius 3 is 2.36 bits per heavy atom. The third kappa shape index (κ3) is 6.46. The third-order valence-electron chi connectivity index (χ3n) is 4.09. The van der Waals surface area contributed by atoms with Gasteiger partial charge in [0.05, 0.1) is 12.7 Å². The molecule has 150 valence electrons. The van der Waals surface area contributed by atoms with Crippen LogP contribution in [0.2, 0.25) is 0 Å². The monoisotopic (exact) mass is 387 g/mol. The fraction of sp³-hybridized carbons (Fsp3) is 0.350. The summed E-state index contributed by atoms with van der Waals surface area (Å²) in [4.78, 5) is 37.6. The van der Waals surface area contributed by atoms with E-state index in [9.17, 15) is 14.4 Å². The van der Waals surface area contributed by atoms with E-state index in [-0.39, 0.29) is 6.42 Å². The van der Waals surface area contributed by atoms with Crippen molar-refractivity contribution in [3.63, 3.8) is 0 Å². The second-order valence-corrected chi connectivity index (χ2v) is 5.96. The van der Waals surface area contributed by atoms with Crippen molar-refractivity contribution in [2.24, 2.45) is 0 Å². The van der Waals surface area contributed by atoms with Crippen LogP contribution >= 0.6 is 0 Å². The first-order valence-electron chi connectivity index (χ1n) is 9.15. The van der Waals surface area contributed by atoms with Gasteiger partial charge in [0.25, 0.3) is 11.8 Å². The van der Waals surface area contributed by atoms with Gasteiger partial charge < -0.3 is 14.1 Å². The van der Waals surface area contributed by atoms with E-state index in [2.05, 4.69) is 29.6 Å². The van der Waals surface area contributed by atoms with E-state index in [1.54, 1.807) is 24.3 Å². The molecular weight excluding hydrogens is 362 g/mol. The molecular formula is C20H25N3O5. The zero-order valence-corrected chi connectivity index (χ0v) is 16.1. The SMILES string of the molecule is CCN(CC)c1ccc(C(=O)NNC(=O)COC(=O)CCc2ccco2)cc1. The van der Waals surface area contributed by atoms with Crippen LogP contribution in [0.4, 0.5) is 5.69 Å². The molecule has 1 heterocycles. The lowest BCUT2D eigenvalue weighted by Crippen LogP contribution is -2.43. The second kappa shape index (κ2) is 10.8. The number of benzene rings is 1. The summed E-state index contributed by atoms with van der Waals surface area (Å²) in [6.07, 6.45) is 2.02. The first kappa shape index (κ1) is 21.0. The molecule has 1 aromatic carbocycles. The third-order valence-corrected chi connectivity index (χ3v) is 4.09. The minimum Gasteiger partial charge on any atom is -0.469 e. The van der Waals surface area contributed by atoms with Gasteiger partial charge in [-0.1, -0.05) is 0 Å². The van der Waals surface area contributed by atoms with Gasteiger partial charge in [-0.2, -0.15) is 0 Å². The van der Waals surface area contributed by atoms with Crippen LogP contribution in [-0.2, 0) is 20.7 Å². The smallest absolute Gasteiger partial charge is 0.306 e. The first-order valence-corrected chi connectivity index (χ1v) is 9.15. The summed E-state index contributed by atoms with van der Waals surface area (Å²) in [7, 11) is 0. The van der Waals surface area contributed by atoms with E-state index < -0.39 is 24.4 Å². The number of furan rings is 1. The molecule has 0 spiro atoms. The maximum atomic E-state index is 12.1. The van der Waals surface area contributed by atoms with Crippen molar-refractivity contribution in [2.45, 2.75) is 26.7 Å². The van der Waals surface area contributed by atoms with Gasteiger partial charge in [-0.05, 0) is 50.2 Å². The highest BCUT2D eigenvalue weighted by Gasteiger charge is 2.11. The molecule has 0 aliphatic heterocycles. The number of carbonyl (C=O) groups excluding carboxylic acids is 3. The lowest BCUT2D eigenvalue weighted by Gasteiger charge is -2.21. The number of ether oxygens (including phenoxy) is 1. The Morgan fingerprint density at radius 2 is 1.75 bits per heavy atom. The highest BCUT2D eigenvalue weighted by molar-refractivity contribution is 5.95.